The van der Waals surface area contributed by atoms with Crippen molar-refractivity contribution in [2.45, 2.75) is 10.6 Å². The molecule has 0 aliphatic rings. The summed E-state index contributed by atoms with van der Waals surface area (Å²) in [7, 11) is -3.41. The largest absolute Gasteiger partial charge is 0.281 e. The van der Waals surface area contributed by atoms with Crippen LogP contribution < -0.4 is 0 Å². The van der Waals surface area contributed by atoms with Gasteiger partial charge in [-0.2, -0.15) is 0 Å². The van der Waals surface area contributed by atoms with Gasteiger partial charge in [-0.15, -0.1) is 11.3 Å². The monoisotopic (exact) mass is 272 g/mol. The van der Waals surface area contributed by atoms with Crippen LogP contribution in [0.25, 0.3) is 0 Å². The van der Waals surface area contributed by atoms with Crippen molar-refractivity contribution in [3.8, 4) is 0 Å². The molecule has 0 aromatic carbocycles. The number of sulfone groups is 1. The van der Waals surface area contributed by atoms with Crippen LogP contribution in [0.1, 0.15) is 6.42 Å². The SMILES string of the molecule is O=C(Cl)CCS(=O)(=O)c1ccc(Cl)s1. The van der Waals surface area contributed by atoms with Gasteiger partial charge in [0, 0.05) is 6.42 Å². The lowest BCUT2D eigenvalue weighted by Crippen LogP contribution is -2.07. The molecule has 3 nitrogen and oxygen atoms in total. The summed E-state index contributed by atoms with van der Waals surface area (Å²) in [5.74, 6) is -0.272. The number of hydrogen-bond acceptors (Lipinski definition) is 4. The summed E-state index contributed by atoms with van der Waals surface area (Å²) in [4.78, 5) is 10.4. The lowest BCUT2D eigenvalue weighted by Gasteiger charge is -1.97. The Labute approximate surface area is 95.6 Å². The second-order valence-corrected chi connectivity index (χ2v) is 6.96. The van der Waals surface area contributed by atoms with Gasteiger partial charge in [-0.1, -0.05) is 11.6 Å². The second-order valence-electron chi connectivity index (χ2n) is 2.48. The van der Waals surface area contributed by atoms with Crippen LogP contribution in [0.3, 0.4) is 0 Å². The van der Waals surface area contributed by atoms with E-state index in [4.69, 9.17) is 23.2 Å². The first-order valence-electron chi connectivity index (χ1n) is 3.58. The third-order valence-corrected chi connectivity index (χ3v) is 5.14. The Morgan fingerprint density at radius 1 is 1.43 bits per heavy atom. The molecule has 0 radical (unpaired) electrons. The Morgan fingerprint density at radius 2 is 2.07 bits per heavy atom. The van der Waals surface area contributed by atoms with E-state index in [1.165, 1.54) is 12.1 Å². The van der Waals surface area contributed by atoms with Crippen LogP contribution in [0.15, 0.2) is 16.3 Å². The van der Waals surface area contributed by atoms with Crippen LogP contribution in [0.5, 0.6) is 0 Å². The Morgan fingerprint density at radius 3 is 2.50 bits per heavy atom. The molecule has 1 rings (SSSR count). The van der Waals surface area contributed by atoms with Gasteiger partial charge in [0.1, 0.15) is 4.21 Å². The number of thiophene rings is 1. The van der Waals surface area contributed by atoms with E-state index in [-0.39, 0.29) is 16.4 Å². The molecule has 1 aromatic heterocycles. The minimum absolute atomic E-state index is 0.167. The van der Waals surface area contributed by atoms with Gasteiger partial charge >= 0.3 is 0 Å². The summed E-state index contributed by atoms with van der Waals surface area (Å²) in [6.45, 7) is 0. The zero-order valence-electron chi connectivity index (χ0n) is 6.87. The predicted octanol–water partition coefficient (Wildman–Crippen LogP) is 2.33. The summed E-state index contributed by atoms with van der Waals surface area (Å²) >= 11 is 11.6. The highest BCUT2D eigenvalue weighted by atomic mass is 35.5. The molecule has 0 saturated carbocycles. The Balaban J connectivity index is 2.81. The molecule has 0 aliphatic carbocycles. The number of rotatable bonds is 4. The lowest BCUT2D eigenvalue weighted by molar-refractivity contribution is -0.111. The van der Waals surface area contributed by atoms with Crippen molar-refractivity contribution in [1.82, 2.24) is 0 Å². The van der Waals surface area contributed by atoms with Crippen molar-refractivity contribution >= 4 is 49.6 Å². The topological polar surface area (TPSA) is 51.2 Å². The summed E-state index contributed by atoms with van der Waals surface area (Å²) < 4.78 is 23.6. The first-order valence-corrected chi connectivity index (χ1v) is 6.81. The van der Waals surface area contributed by atoms with Crippen molar-refractivity contribution in [3.05, 3.63) is 16.5 Å². The fourth-order valence-electron chi connectivity index (χ4n) is 0.780. The van der Waals surface area contributed by atoms with E-state index in [9.17, 15) is 13.2 Å². The molecular weight excluding hydrogens is 267 g/mol. The highest BCUT2D eigenvalue weighted by Crippen LogP contribution is 2.26. The zero-order valence-corrected chi connectivity index (χ0v) is 10.0. The molecule has 0 N–H and O–H groups in total. The van der Waals surface area contributed by atoms with E-state index in [0.717, 1.165) is 11.3 Å². The molecule has 0 atom stereocenters. The predicted molar refractivity (Wildman–Crippen MR) is 56.9 cm³/mol. The van der Waals surface area contributed by atoms with E-state index in [1.54, 1.807) is 0 Å². The van der Waals surface area contributed by atoms with E-state index < -0.39 is 15.1 Å². The summed E-state index contributed by atoms with van der Waals surface area (Å²) in [6, 6.07) is 2.92. The minimum atomic E-state index is -3.41. The quantitative estimate of drug-likeness (QED) is 0.791. The maximum Gasteiger partial charge on any atom is 0.222 e. The number of carbonyl (C=O) groups excluding carboxylic acids is 1. The van der Waals surface area contributed by atoms with Crippen LogP contribution in [0, 0.1) is 0 Å². The van der Waals surface area contributed by atoms with Crippen molar-refractivity contribution in [3.63, 3.8) is 0 Å². The number of halogens is 2. The van der Waals surface area contributed by atoms with Crippen LogP contribution in [-0.4, -0.2) is 19.4 Å². The maximum absolute atomic E-state index is 11.5. The summed E-state index contributed by atoms with van der Waals surface area (Å²) in [5, 5.41) is -0.656. The van der Waals surface area contributed by atoms with Crippen molar-refractivity contribution in [2.24, 2.45) is 0 Å². The van der Waals surface area contributed by atoms with E-state index in [2.05, 4.69) is 0 Å². The molecule has 78 valence electrons. The van der Waals surface area contributed by atoms with Gasteiger partial charge in [-0.3, -0.25) is 4.79 Å². The van der Waals surface area contributed by atoms with Gasteiger partial charge < -0.3 is 0 Å². The molecule has 0 spiro atoms. The van der Waals surface area contributed by atoms with E-state index >= 15 is 0 Å². The molecule has 1 heterocycles. The minimum Gasteiger partial charge on any atom is -0.281 e. The Kier molecular flexibility index (Phi) is 3.94. The van der Waals surface area contributed by atoms with Crippen molar-refractivity contribution in [2.75, 3.05) is 5.75 Å². The molecule has 0 aliphatic heterocycles. The maximum atomic E-state index is 11.5. The fourth-order valence-corrected chi connectivity index (χ4v) is 3.86. The van der Waals surface area contributed by atoms with Gasteiger partial charge in [-0.05, 0) is 23.7 Å². The van der Waals surface area contributed by atoms with Crippen molar-refractivity contribution in [1.29, 1.82) is 0 Å². The third-order valence-electron chi connectivity index (χ3n) is 1.42. The van der Waals surface area contributed by atoms with Crippen LogP contribution in [0.4, 0.5) is 0 Å². The van der Waals surface area contributed by atoms with Crippen LogP contribution in [0.2, 0.25) is 4.34 Å². The summed E-state index contributed by atoms with van der Waals surface area (Å²) in [6.07, 6.45) is -0.181. The molecule has 1 aromatic rings. The first kappa shape index (κ1) is 12.0. The third kappa shape index (κ3) is 3.24. The van der Waals surface area contributed by atoms with Gasteiger partial charge in [-0.25, -0.2) is 8.42 Å². The molecule has 0 amide bonds. The van der Waals surface area contributed by atoms with Gasteiger partial charge in [0.25, 0.3) is 0 Å². The molecule has 0 bridgehead atoms. The standard InChI is InChI=1S/C7H6Cl2O3S2/c8-5(10)3-4-14(11,12)7-2-1-6(9)13-7/h1-2H,3-4H2. The highest BCUT2D eigenvalue weighted by molar-refractivity contribution is 7.93. The number of carbonyl (C=O) groups is 1. The summed E-state index contributed by atoms with van der Waals surface area (Å²) in [5.41, 5.74) is 0. The first-order chi connectivity index (χ1) is 6.42. The van der Waals surface area contributed by atoms with Crippen molar-refractivity contribution < 1.29 is 13.2 Å². The van der Waals surface area contributed by atoms with Crippen LogP contribution >= 0.6 is 34.5 Å². The molecule has 14 heavy (non-hydrogen) atoms. The molecule has 0 saturated heterocycles. The zero-order chi connectivity index (χ0) is 10.8. The smallest absolute Gasteiger partial charge is 0.222 e. The second kappa shape index (κ2) is 4.61. The van der Waals surface area contributed by atoms with Gasteiger partial charge in [0.15, 0.2) is 9.84 Å². The molecule has 0 fully saturated rings. The van der Waals surface area contributed by atoms with E-state index in [0.29, 0.717) is 4.34 Å². The Hall–Kier alpha value is -0.100. The van der Waals surface area contributed by atoms with Gasteiger partial charge in [0.05, 0.1) is 10.1 Å². The van der Waals surface area contributed by atoms with E-state index in [1.807, 2.05) is 0 Å². The highest BCUT2D eigenvalue weighted by Gasteiger charge is 2.17. The fraction of sp³-hybridized carbons (Fsp3) is 0.286. The van der Waals surface area contributed by atoms with Crippen LogP contribution in [-0.2, 0) is 14.6 Å². The normalized spacial score (nSPS) is 11.6. The molecule has 7 heteroatoms. The van der Waals surface area contributed by atoms with Gasteiger partial charge in [0.2, 0.25) is 5.24 Å². The average molecular weight is 273 g/mol. The average Bonchev–Trinajstić information content (AvgIpc) is 2.49. The number of hydrogen-bond donors (Lipinski definition) is 0. The lowest BCUT2D eigenvalue weighted by atomic mass is 10.6. The molecule has 0 unspecified atom stereocenters. The molecular formula is C7H6Cl2O3S2. The Bertz CT molecular complexity index is 436.